The standard InChI is InChI=1S/C14H24O2/c1-11(2)13(15)5-4-12-6-9-16-14(10-12)7-3-8-14/h11-12H,3-10H2,1-2H3. The summed E-state index contributed by atoms with van der Waals surface area (Å²) in [4.78, 5) is 11.6. The summed E-state index contributed by atoms with van der Waals surface area (Å²) in [7, 11) is 0. The lowest BCUT2D eigenvalue weighted by atomic mass is 9.71. The van der Waals surface area contributed by atoms with Gasteiger partial charge in [-0.25, -0.2) is 0 Å². The molecular formula is C14H24O2. The summed E-state index contributed by atoms with van der Waals surface area (Å²) in [6, 6.07) is 0. The molecule has 2 fully saturated rings. The molecule has 0 aromatic carbocycles. The van der Waals surface area contributed by atoms with Crippen molar-refractivity contribution in [3.63, 3.8) is 0 Å². The molecule has 0 radical (unpaired) electrons. The number of rotatable bonds is 4. The molecule has 1 heterocycles. The lowest BCUT2D eigenvalue weighted by Gasteiger charge is -2.47. The lowest BCUT2D eigenvalue weighted by Crippen LogP contribution is -2.45. The number of ketones is 1. The number of carbonyl (C=O) groups excluding carboxylic acids is 1. The van der Waals surface area contributed by atoms with Gasteiger partial charge in [-0.2, -0.15) is 0 Å². The van der Waals surface area contributed by atoms with E-state index in [1.807, 2.05) is 13.8 Å². The van der Waals surface area contributed by atoms with E-state index in [9.17, 15) is 4.79 Å². The minimum Gasteiger partial charge on any atom is -0.375 e. The van der Waals surface area contributed by atoms with Gasteiger partial charge in [0.1, 0.15) is 5.78 Å². The van der Waals surface area contributed by atoms with Gasteiger partial charge in [0.05, 0.1) is 5.60 Å². The largest absolute Gasteiger partial charge is 0.375 e. The predicted molar refractivity (Wildman–Crippen MR) is 64.3 cm³/mol. The maximum absolute atomic E-state index is 11.6. The Morgan fingerprint density at radius 1 is 1.44 bits per heavy atom. The van der Waals surface area contributed by atoms with Gasteiger partial charge < -0.3 is 4.74 Å². The molecule has 2 aliphatic rings. The van der Waals surface area contributed by atoms with E-state index in [0.717, 1.165) is 31.8 Å². The number of ether oxygens (including phenoxy) is 1. The molecule has 1 aliphatic heterocycles. The fraction of sp³-hybridized carbons (Fsp3) is 0.929. The van der Waals surface area contributed by atoms with Crippen LogP contribution in [-0.4, -0.2) is 18.0 Å². The average molecular weight is 224 g/mol. The Labute approximate surface area is 98.7 Å². The second-order valence-electron chi connectivity index (χ2n) is 5.90. The van der Waals surface area contributed by atoms with Crippen molar-refractivity contribution >= 4 is 5.78 Å². The smallest absolute Gasteiger partial charge is 0.135 e. The first-order chi connectivity index (χ1) is 7.61. The molecule has 1 aliphatic carbocycles. The Kier molecular flexibility index (Phi) is 3.68. The molecule has 0 amide bonds. The van der Waals surface area contributed by atoms with Gasteiger partial charge in [0.15, 0.2) is 0 Å². The number of Topliss-reactive ketones (excluding diaryl/α,β-unsaturated/α-hetero) is 1. The van der Waals surface area contributed by atoms with Crippen LogP contribution >= 0.6 is 0 Å². The zero-order chi connectivity index (χ0) is 11.6. The van der Waals surface area contributed by atoms with E-state index >= 15 is 0 Å². The molecule has 2 nitrogen and oxygen atoms in total. The number of hydrogen-bond acceptors (Lipinski definition) is 2. The molecule has 1 spiro atoms. The van der Waals surface area contributed by atoms with Crippen molar-refractivity contribution in [1.82, 2.24) is 0 Å². The van der Waals surface area contributed by atoms with E-state index < -0.39 is 0 Å². The minimum atomic E-state index is 0.206. The monoisotopic (exact) mass is 224 g/mol. The van der Waals surface area contributed by atoms with E-state index in [2.05, 4.69) is 0 Å². The molecule has 1 atom stereocenters. The van der Waals surface area contributed by atoms with Crippen LogP contribution in [0.15, 0.2) is 0 Å². The van der Waals surface area contributed by atoms with Crippen molar-refractivity contribution in [2.24, 2.45) is 11.8 Å². The van der Waals surface area contributed by atoms with Gasteiger partial charge in [-0.15, -0.1) is 0 Å². The predicted octanol–water partition coefficient (Wildman–Crippen LogP) is 3.34. The number of hydrogen-bond donors (Lipinski definition) is 0. The van der Waals surface area contributed by atoms with Crippen LogP contribution in [0.5, 0.6) is 0 Å². The average Bonchev–Trinajstić information content (AvgIpc) is 2.24. The first kappa shape index (κ1) is 12.1. The van der Waals surface area contributed by atoms with E-state index in [-0.39, 0.29) is 11.5 Å². The lowest BCUT2D eigenvalue weighted by molar-refractivity contribution is -0.145. The van der Waals surface area contributed by atoms with Crippen LogP contribution in [0.3, 0.4) is 0 Å². The fourth-order valence-corrected chi connectivity index (χ4v) is 2.93. The van der Waals surface area contributed by atoms with Crippen LogP contribution in [0.25, 0.3) is 0 Å². The van der Waals surface area contributed by atoms with Gasteiger partial charge in [0.2, 0.25) is 0 Å². The molecule has 0 N–H and O–H groups in total. The van der Waals surface area contributed by atoms with E-state index in [1.54, 1.807) is 0 Å². The zero-order valence-electron chi connectivity index (χ0n) is 10.6. The van der Waals surface area contributed by atoms with Crippen LogP contribution < -0.4 is 0 Å². The first-order valence-corrected chi connectivity index (χ1v) is 6.78. The van der Waals surface area contributed by atoms with Crippen molar-refractivity contribution in [1.29, 1.82) is 0 Å². The van der Waals surface area contributed by atoms with Gasteiger partial charge in [0, 0.05) is 18.9 Å². The molecule has 0 bridgehead atoms. The van der Waals surface area contributed by atoms with Gasteiger partial charge >= 0.3 is 0 Å². The third-order valence-corrected chi connectivity index (χ3v) is 4.30. The molecule has 0 aromatic rings. The number of carbonyl (C=O) groups is 1. The van der Waals surface area contributed by atoms with Crippen LogP contribution in [0.2, 0.25) is 0 Å². The third-order valence-electron chi connectivity index (χ3n) is 4.30. The molecule has 2 heteroatoms. The molecule has 2 rings (SSSR count). The highest BCUT2D eigenvalue weighted by molar-refractivity contribution is 5.80. The van der Waals surface area contributed by atoms with Gasteiger partial charge in [0.25, 0.3) is 0 Å². The van der Waals surface area contributed by atoms with E-state index in [0.29, 0.717) is 5.78 Å². The summed E-state index contributed by atoms with van der Waals surface area (Å²) in [5.41, 5.74) is 0.240. The SMILES string of the molecule is CC(C)C(=O)CCC1CCOC2(CCC2)C1. The summed E-state index contributed by atoms with van der Waals surface area (Å²) >= 11 is 0. The Morgan fingerprint density at radius 3 is 2.75 bits per heavy atom. The summed E-state index contributed by atoms with van der Waals surface area (Å²) in [6.45, 7) is 4.92. The molecule has 1 saturated carbocycles. The Bertz CT molecular complexity index is 253. The second-order valence-corrected chi connectivity index (χ2v) is 5.90. The highest BCUT2D eigenvalue weighted by atomic mass is 16.5. The highest BCUT2D eigenvalue weighted by Crippen LogP contribution is 2.45. The van der Waals surface area contributed by atoms with Gasteiger partial charge in [-0.05, 0) is 44.4 Å². The van der Waals surface area contributed by atoms with Crippen molar-refractivity contribution in [2.75, 3.05) is 6.61 Å². The summed E-state index contributed by atoms with van der Waals surface area (Å²) < 4.78 is 5.90. The van der Waals surface area contributed by atoms with Crippen LogP contribution in [0, 0.1) is 11.8 Å². The molecular weight excluding hydrogens is 200 g/mol. The Balaban J connectivity index is 1.75. The summed E-state index contributed by atoms with van der Waals surface area (Å²) in [6.07, 6.45) is 8.06. The third kappa shape index (κ3) is 2.65. The maximum atomic E-state index is 11.6. The normalized spacial score (nSPS) is 28.1. The van der Waals surface area contributed by atoms with Crippen LogP contribution in [-0.2, 0) is 9.53 Å². The van der Waals surface area contributed by atoms with Crippen molar-refractivity contribution in [3.8, 4) is 0 Å². The van der Waals surface area contributed by atoms with Crippen molar-refractivity contribution < 1.29 is 9.53 Å². The molecule has 1 saturated heterocycles. The van der Waals surface area contributed by atoms with Crippen molar-refractivity contribution in [3.05, 3.63) is 0 Å². The van der Waals surface area contributed by atoms with E-state index in [1.165, 1.54) is 25.7 Å². The minimum absolute atomic E-state index is 0.206. The summed E-state index contributed by atoms with van der Waals surface area (Å²) in [5.74, 6) is 1.36. The topological polar surface area (TPSA) is 26.3 Å². The second kappa shape index (κ2) is 4.87. The Morgan fingerprint density at radius 2 is 2.19 bits per heavy atom. The van der Waals surface area contributed by atoms with Crippen molar-refractivity contribution in [2.45, 2.75) is 64.4 Å². The highest BCUT2D eigenvalue weighted by Gasteiger charge is 2.42. The summed E-state index contributed by atoms with van der Waals surface area (Å²) in [5, 5.41) is 0. The van der Waals surface area contributed by atoms with Crippen LogP contribution in [0.1, 0.15) is 58.8 Å². The van der Waals surface area contributed by atoms with E-state index in [4.69, 9.17) is 4.74 Å². The fourth-order valence-electron chi connectivity index (χ4n) is 2.93. The maximum Gasteiger partial charge on any atom is 0.135 e. The van der Waals surface area contributed by atoms with Gasteiger partial charge in [-0.1, -0.05) is 13.8 Å². The molecule has 16 heavy (non-hydrogen) atoms. The first-order valence-electron chi connectivity index (χ1n) is 6.78. The zero-order valence-corrected chi connectivity index (χ0v) is 10.6. The Hall–Kier alpha value is -0.370. The molecule has 1 unspecified atom stereocenters. The molecule has 92 valence electrons. The van der Waals surface area contributed by atoms with Crippen LogP contribution in [0.4, 0.5) is 0 Å². The quantitative estimate of drug-likeness (QED) is 0.732. The molecule has 0 aromatic heterocycles. The van der Waals surface area contributed by atoms with Gasteiger partial charge in [-0.3, -0.25) is 4.79 Å².